The number of rotatable bonds is 5. The molecule has 2 rings (SSSR count). The Bertz CT molecular complexity index is 408. The van der Waals surface area contributed by atoms with E-state index >= 15 is 0 Å². The molecule has 0 amide bonds. The molecule has 0 unspecified atom stereocenters. The quantitative estimate of drug-likeness (QED) is 0.616. The van der Waals surface area contributed by atoms with Gasteiger partial charge in [-0.05, 0) is 38.7 Å². The highest BCUT2D eigenvalue weighted by molar-refractivity contribution is 5.80. The first kappa shape index (κ1) is 12.9. The summed E-state index contributed by atoms with van der Waals surface area (Å²) < 4.78 is 0. The fourth-order valence-corrected chi connectivity index (χ4v) is 1.91. The van der Waals surface area contributed by atoms with E-state index in [9.17, 15) is 0 Å². The maximum atomic E-state index is 4.61. The molecule has 0 saturated heterocycles. The average Bonchev–Trinajstić information content (AvgIpc) is 3.13. The molecule has 0 spiro atoms. The van der Waals surface area contributed by atoms with Gasteiger partial charge in [0.15, 0.2) is 5.96 Å². The molecular formula is C15H23N3. The molecular weight excluding hydrogens is 222 g/mol. The van der Waals surface area contributed by atoms with Crippen molar-refractivity contribution in [1.29, 1.82) is 0 Å². The largest absolute Gasteiger partial charge is 0.357 e. The summed E-state index contributed by atoms with van der Waals surface area (Å²) in [6, 6.07) is 9.30. The van der Waals surface area contributed by atoms with Crippen molar-refractivity contribution in [3.05, 3.63) is 35.4 Å². The molecule has 0 heterocycles. The van der Waals surface area contributed by atoms with Crippen molar-refractivity contribution in [2.45, 2.75) is 39.2 Å². The molecule has 1 aromatic carbocycles. The number of nitrogens with zero attached hydrogens (tertiary/aromatic N) is 1. The monoisotopic (exact) mass is 245 g/mol. The highest BCUT2D eigenvalue weighted by Crippen LogP contribution is 2.18. The minimum Gasteiger partial charge on any atom is -0.357 e. The van der Waals surface area contributed by atoms with Gasteiger partial charge in [-0.3, -0.25) is 4.99 Å². The van der Waals surface area contributed by atoms with Crippen molar-refractivity contribution < 1.29 is 0 Å². The van der Waals surface area contributed by atoms with Crippen LogP contribution in [-0.4, -0.2) is 25.1 Å². The lowest BCUT2D eigenvalue weighted by atomic mass is 10.1. The summed E-state index contributed by atoms with van der Waals surface area (Å²) in [4.78, 5) is 4.61. The van der Waals surface area contributed by atoms with E-state index in [2.05, 4.69) is 53.7 Å². The van der Waals surface area contributed by atoms with Gasteiger partial charge in [0.2, 0.25) is 0 Å². The van der Waals surface area contributed by atoms with Crippen LogP contribution in [0, 0.1) is 6.92 Å². The van der Waals surface area contributed by atoms with Crippen LogP contribution in [-0.2, 0) is 6.42 Å². The van der Waals surface area contributed by atoms with Gasteiger partial charge >= 0.3 is 0 Å². The zero-order chi connectivity index (χ0) is 12.8. The van der Waals surface area contributed by atoms with Gasteiger partial charge in [-0.25, -0.2) is 0 Å². The van der Waals surface area contributed by atoms with E-state index in [0.717, 1.165) is 25.5 Å². The summed E-state index contributed by atoms with van der Waals surface area (Å²) >= 11 is 0. The normalized spacial score (nSPS) is 15.6. The van der Waals surface area contributed by atoms with Crippen molar-refractivity contribution in [1.82, 2.24) is 10.6 Å². The molecule has 2 N–H and O–H groups in total. The second-order valence-corrected chi connectivity index (χ2v) is 4.92. The van der Waals surface area contributed by atoms with E-state index in [-0.39, 0.29) is 0 Å². The summed E-state index contributed by atoms with van der Waals surface area (Å²) in [6.07, 6.45) is 3.56. The Balaban J connectivity index is 1.83. The average molecular weight is 245 g/mol. The summed E-state index contributed by atoms with van der Waals surface area (Å²) in [6.45, 7) is 5.99. The van der Waals surface area contributed by atoms with Crippen molar-refractivity contribution in [3.63, 3.8) is 0 Å². The first-order valence-electron chi connectivity index (χ1n) is 6.88. The maximum absolute atomic E-state index is 4.61. The lowest BCUT2D eigenvalue weighted by Crippen LogP contribution is -2.38. The van der Waals surface area contributed by atoms with E-state index in [1.54, 1.807) is 0 Å². The molecule has 0 radical (unpaired) electrons. The Hall–Kier alpha value is -1.51. The lowest BCUT2D eigenvalue weighted by Gasteiger charge is -2.10. The number of aryl methyl sites for hydroxylation is 1. The van der Waals surface area contributed by atoms with Crippen LogP contribution >= 0.6 is 0 Å². The third-order valence-electron chi connectivity index (χ3n) is 3.02. The van der Waals surface area contributed by atoms with Crippen LogP contribution in [0.1, 0.15) is 30.9 Å². The van der Waals surface area contributed by atoms with Crippen LogP contribution in [0.5, 0.6) is 0 Å². The van der Waals surface area contributed by atoms with Crippen LogP contribution < -0.4 is 10.6 Å². The van der Waals surface area contributed by atoms with Gasteiger partial charge in [-0.2, -0.15) is 0 Å². The van der Waals surface area contributed by atoms with Gasteiger partial charge in [-0.15, -0.1) is 0 Å². The fourth-order valence-electron chi connectivity index (χ4n) is 1.91. The van der Waals surface area contributed by atoms with Crippen molar-refractivity contribution in [2.24, 2.45) is 4.99 Å². The Labute approximate surface area is 110 Å². The Morgan fingerprint density at radius 3 is 2.89 bits per heavy atom. The molecule has 0 bridgehead atoms. The van der Waals surface area contributed by atoms with Crippen molar-refractivity contribution in [3.8, 4) is 0 Å². The molecule has 1 saturated carbocycles. The highest BCUT2D eigenvalue weighted by Gasteiger charge is 2.21. The number of hydrogen-bond acceptors (Lipinski definition) is 1. The van der Waals surface area contributed by atoms with E-state index in [1.807, 2.05) is 0 Å². The van der Waals surface area contributed by atoms with Crippen LogP contribution in [0.25, 0.3) is 0 Å². The van der Waals surface area contributed by atoms with Gasteiger partial charge in [0.05, 0.1) is 0 Å². The van der Waals surface area contributed by atoms with E-state index in [0.29, 0.717) is 6.04 Å². The van der Waals surface area contributed by atoms with E-state index < -0.39 is 0 Å². The van der Waals surface area contributed by atoms with Crippen LogP contribution in [0.4, 0.5) is 0 Å². The molecule has 0 aliphatic heterocycles. The predicted octanol–water partition coefficient (Wildman–Crippen LogP) is 2.26. The van der Waals surface area contributed by atoms with Gasteiger partial charge in [-0.1, -0.05) is 29.8 Å². The van der Waals surface area contributed by atoms with Gasteiger partial charge in [0.1, 0.15) is 0 Å². The van der Waals surface area contributed by atoms with Crippen molar-refractivity contribution >= 4 is 5.96 Å². The molecule has 0 aromatic heterocycles. The molecule has 1 aliphatic carbocycles. The molecule has 0 atom stereocenters. The van der Waals surface area contributed by atoms with Gasteiger partial charge < -0.3 is 10.6 Å². The zero-order valence-electron chi connectivity index (χ0n) is 11.4. The number of aliphatic imine (C=N–C) groups is 1. The molecule has 18 heavy (non-hydrogen) atoms. The van der Waals surface area contributed by atoms with Gasteiger partial charge in [0, 0.05) is 19.1 Å². The van der Waals surface area contributed by atoms with Gasteiger partial charge in [0.25, 0.3) is 0 Å². The lowest BCUT2D eigenvalue weighted by molar-refractivity contribution is 0.808. The fraction of sp³-hybridized carbons (Fsp3) is 0.533. The highest BCUT2D eigenvalue weighted by atomic mass is 15.2. The summed E-state index contributed by atoms with van der Waals surface area (Å²) in [7, 11) is 0. The third kappa shape index (κ3) is 4.40. The molecule has 1 aromatic rings. The summed E-state index contributed by atoms with van der Waals surface area (Å²) in [5.41, 5.74) is 2.68. The Kier molecular flexibility index (Phi) is 4.62. The van der Waals surface area contributed by atoms with Crippen LogP contribution in [0.15, 0.2) is 29.3 Å². The smallest absolute Gasteiger partial charge is 0.191 e. The molecule has 3 heteroatoms. The van der Waals surface area contributed by atoms with Crippen LogP contribution in [0.2, 0.25) is 0 Å². The topological polar surface area (TPSA) is 36.4 Å². The second-order valence-electron chi connectivity index (χ2n) is 4.92. The van der Waals surface area contributed by atoms with E-state index in [4.69, 9.17) is 0 Å². The Morgan fingerprint density at radius 1 is 1.39 bits per heavy atom. The SMILES string of the molecule is CCNC(=NCCc1cccc(C)c1)NC1CC1. The summed E-state index contributed by atoms with van der Waals surface area (Å²) in [5, 5.41) is 6.72. The minimum atomic E-state index is 0.654. The number of guanidine groups is 1. The molecule has 3 nitrogen and oxygen atoms in total. The standard InChI is InChI=1S/C15H23N3/c1-3-16-15(18-14-7-8-14)17-10-9-13-6-4-5-12(2)11-13/h4-6,11,14H,3,7-10H2,1-2H3,(H2,16,17,18). The predicted molar refractivity (Wildman–Crippen MR) is 77.0 cm³/mol. The number of hydrogen-bond donors (Lipinski definition) is 2. The molecule has 98 valence electrons. The summed E-state index contributed by atoms with van der Waals surface area (Å²) in [5.74, 6) is 0.965. The van der Waals surface area contributed by atoms with E-state index in [1.165, 1.54) is 24.0 Å². The van der Waals surface area contributed by atoms with Crippen molar-refractivity contribution in [2.75, 3.05) is 13.1 Å². The maximum Gasteiger partial charge on any atom is 0.191 e. The first-order chi connectivity index (χ1) is 8.78. The Morgan fingerprint density at radius 2 is 2.22 bits per heavy atom. The second kappa shape index (κ2) is 6.43. The minimum absolute atomic E-state index is 0.654. The number of benzene rings is 1. The van der Waals surface area contributed by atoms with Crippen LogP contribution in [0.3, 0.4) is 0 Å². The first-order valence-corrected chi connectivity index (χ1v) is 6.88. The number of nitrogens with one attached hydrogen (secondary N) is 2. The molecule has 1 aliphatic rings. The molecule has 1 fully saturated rings. The zero-order valence-corrected chi connectivity index (χ0v) is 11.4. The third-order valence-corrected chi connectivity index (χ3v) is 3.02.